The standard InChI is InChI=1S/2Ag.O.2P.2Pd/q2*+1;-2;;;;. The molecular weight excluding hydrogens is 507 g/mol. The van der Waals surface area contributed by atoms with Gasteiger partial charge in [-0.3, -0.25) is 0 Å². The summed E-state index contributed by atoms with van der Waals surface area (Å²) in [5.74, 6) is 0. The molecular formula is Ag2OP2Pd2. The molecule has 58 valence electrons. The molecule has 0 spiro atoms. The van der Waals surface area contributed by atoms with E-state index in [9.17, 15) is 0 Å². The van der Waals surface area contributed by atoms with Gasteiger partial charge in [-0.2, -0.15) is 0 Å². The van der Waals surface area contributed by atoms with Crippen LogP contribution in [0.4, 0.5) is 0 Å². The van der Waals surface area contributed by atoms with Gasteiger partial charge < -0.3 is 5.48 Å². The summed E-state index contributed by atoms with van der Waals surface area (Å²) in [6.45, 7) is 0. The molecule has 7 heavy (non-hydrogen) atoms. The summed E-state index contributed by atoms with van der Waals surface area (Å²) in [6, 6.07) is 0. The molecule has 0 heterocycles. The minimum atomic E-state index is 0. The third-order valence-electron chi connectivity index (χ3n) is 0. The molecule has 0 rings (SSSR count). The van der Waals surface area contributed by atoms with Crippen LogP contribution < -0.4 is 0 Å². The fraction of sp³-hybridized carbons (Fsp3) is 0. The third kappa shape index (κ3) is 42.6. The van der Waals surface area contributed by atoms with Crippen LogP contribution in [0.15, 0.2) is 0 Å². The smallest absolute Gasteiger partial charge is 1.00 e. The van der Waals surface area contributed by atoms with Gasteiger partial charge in [-0.05, 0) is 0 Å². The van der Waals surface area contributed by atoms with E-state index < -0.39 is 0 Å². The van der Waals surface area contributed by atoms with Gasteiger partial charge in [0.25, 0.3) is 0 Å². The molecule has 7 heteroatoms. The maximum Gasteiger partial charge on any atom is 1.00 e. The topological polar surface area (TPSA) is 28.5 Å². The second-order valence-electron chi connectivity index (χ2n) is 0. The zero-order valence-corrected chi connectivity index (χ0v) is 10.4. The Morgan fingerprint density at radius 1 is 0.571 bits per heavy atom. The van der Waals surface area contributed by atoms with Crippen LogP contribution in [0.5, 0.6) is 0 Å². The minimum Gasteiger partial charge on any atom is -2.00 e. The molecule has 0 fully saturated rings. The summed E-state index contributed by atoms with van der Waals surface area (Å²) >= 11 is 0. The van der Waals surface area contributed by atoms with Crippen molar-refractivity contribution in [3.05, 3.63) is 0 Å². The fourth-order valence-electron chi connectivity index (χ4n) is 0. The Morgan fingerprint density at radius 2 is 0.571 bits per heavy atom. The molecule has 0 saturated carbocycles. The molecule has 6 radical (unpaired) electrons. The first-order valence-electron chi connectivity index (χ1n) is 0. The molecule has 0 aromatic rings. The number of hydrogen-bond donors (Lipinski definition) is 0. The van der Waals surface area contributed by atoms with E-state index in [1.807, 2.05) is 0 Å². The summed E-state index contributed by atoms with van der Waals surface area (Å²) in [5, 5.41) is 0. The number of rotatable bonds is 0. The van der Waals surface area contributed by atoms with E-state index in [0.717, 1.165) is 0 Å². The summed E-state index contributed by atoms with van der Waals surface area (Å²) in [4.78, 5) is 0. The van der Waals surface area contributed by atoms with Gasteiger partial charge >= 0.3 is 44.8 Å². The normalized spacial score (nSPS) is 0. The second-order valence-corrected chi connectivity index (χ2v) is 0. The zero-order chi connectivity index (χ0) is 0. The third-order valence-corrected chi connectivity index (χ3v) is 0. The van der Waals surface area contributed by atoms with Gasteiger partial charge in [-0.15, -0.1) is 0 Å². The largest absolute Gasteiger partial charge is 2.00 e. The Balaban J connectivity index is 0. The predicted octanol–water partition coefficient (Wildman–Crippen LogP) is 1.59. The molecule has 0 atom stereocenters. The van der Waals surface area contributed by atoms with E-state index in [2.05, 4.69) is 0 Å². The second kappa shape index (κ2) is 54.5. The van der Waals surface area contributed by atoms with Crippen molar-refractivity contribution in [2.45, 2.75) is 0 Å². The van der Waals surface area contributed by atoms with Crippen LogP contribution in [0.2, 0.25) is 0 Å². The van der Waals surface area contributed by atoms with E-state index >= 15 is 0 Å². The van der Waals surface area contributed by atoms with Crippen LogP contribution in [-0.2, 0) is 91.1 Å². The van der Waals surface area contributed by atoms with Gasteiger partial charge in [0, 0.05) is 60.6 Å². The summed E-state index contributed by atoms with van der Waals surface area (Å²) < 4.78 is 0. The SMILES string of the molecule is [Ag+].[Ag+].[O-2].[P].[P].[Pd].[Pd]. The number of hydrogen-bond acceptors (Lipinski definition) is 0. The van der Waals surface area contributed by atoms with Crippen molar-refractivity contribution < 1.29 is 91.1 Å². The molecule has 0 saturated heterocycles. The van der Waals surface area contributed by atoms with Crippen LogP contribution in [0.1, 0.15) is 0 Å². The maximum absolute atomic E-state index is 0. The average molecular weight is 507 g/mol. The first-order valence-corrected chi connectivity index (χ1v) is 0. The Kier molecular flexibility index (Phi) is 583. The van der Waals surface area contributed by atoms with E-state index in [-0.39, 0.29) is 111 Å². The first-order chi connectivity index (χ1) is 0. The van der Waals surface area contributed by atoms with Crippen molar-refractivity contribution in [2.75, 3.05) is 0 Å². The molecule has 0 aromatic heterocycles. The Labute approximate surface area is 109 Å². The van der Waals surface area contributed by atoms with Gasteiger partial charge in [0.1, 0.15) is 0 Å². The molecule has 0 bridgehead atoms. The van der Waals surface area contributed by atoms with Gasteiger partial charge in [0.05, 0.1) is 0 Å². The van der Waals surface area contributed by atoms with Crippen LogP contribution in [0.25, 0.3) is 0 Å². The van der Waals surface area contributed by atoms with E-state index in [1.165, 1.54) is 0 Å². The maximum atomic E-state index is 0. The van der Waals surface area contributed by atoms with Crippen LogP contribution in [-0.4, -0.2) is 0 Å². The van der Waals surface area contributed by atoms with Crippen molar-refractivity contribution in [1.29, 1.82) is 0 Å². The van der Waals surface area contributed by atoms with Gasteiger partial charge in [0.2, 0.25) is 0 Å². The van der Waals surface area contributed by atoms with E-state index in [4.69, 9.17) is 0 Å². The predicted molar refractivity (Wildman–Crippen MR) is 14.5 cm³/mol. The molecule has 0 aliphatic carbocycles. The summed E-state index contributed by atoms with van der Waals surface area (Å²) in [6.07, 6.45) is 0. The van der Waals surface area contributed by atoms with Crippen molar-refractivity contribution in [3.63, 3.8) is 0 Å². The Hall–Kier alpha value is 3.63. The van der Waals surface area contributed by atoms with Crippen LogP contribution >= 0.6 is 19.8 Å². The Bertz CT molecular complexity index is 13.7. The molecule has 0 aliphatic rings. The van der Waals surface area contributed by atoms with E-state index in [0.29, 0.717) is 0 Å². The van der Waals surface area contributed by atoms with Crippen molar-refractivity contribution in [2.24, 2.45) is 0 Å². The zero-order valence-electron chi connectivity index (χ0n) is 2.54. The van der Waals surface area contributed by atoms with Gasteiger partial charge in [0.15, 0.2) is 0 Å². The van der Waals surface area contributed by atoms with Gasteiger partial charge in [-0.25, -0.2) is 0 Å². The van der Waals surface area contributed by atoms with Crippen molar-refractivity contribution >= 4 is 19.8 Å². The minimum absolute atomic E-state index is 0. The van der Waals surface area contributed by atoms with E-state index in [1.54, 1.807) is 0 Å². The Morgan fingerprint density at radius 3 is 0.571 bits per heavy atom. The molecule has 0 unspecified atom stereocenters. The van der Waals surface area contributed by atoms with Crippen molar-refractivity contribution in [3.8, 4) is 0 Å². The summed E-state index contributed by atoms with van der Waals surface area (Å²) in [7, 11) is 0. The van der Waals surface area contributed by atoms with Gasteiger partial charge in [-0.1, -0.05) is 0 Å². The molecule has 1 nitrogen and oxygen atoms in total. The fourth-order valence-corrected chi connectivity index (χ4v) is 0. The van der Waals surface area contributed by atoms with Crippen LogP contribution in [0, 0.1) is 0 Å². The molecule has 0 N–H and O–H groups in total. The monoisotopic (exact) mass is 504 g/mol. The quantitative estimate of drug-likeness (QED) is 0.353. The van der Waals surface area contributed by atoms with Crippen molar-refractivity contribution in [1.82, 2.24) is 0 Å². The van der Waals surface area contributed by atoms with Crippen LogP contribution in [0.3, 0.4) is 0 Å². The molecule has 0 aliphatic heterocycles. The average Bonchev–Trinajstić information content (AvgIpc) is 0. The summed E-state index contributed by atoms with van der Waals surface area (Å²) in [5.41, 5.74) is 0. The first kappa shape index (κ1) is 74.9. The molecule has 0 amide bonds. The molecule has 0 aromatic carbocycles.